The summed E-state index contributed by atoms with van der Waals surface area (Å²) in [5.41, 5.74) is 1.32. The Kier molecular flexibility index (Phi) is 5.14. The summed E-state index contributed by atoms with van der Waals surface area (Å²) in [5.74, 6) is 1.06. The number of benzene rings is 3. The predicted molar refractivity (Wildman–Crippen MR) is 93.5 cm³/mol. The fourth-order valence-electron chi connectivity index (χ4n) is 2.14. The Bertz CT molecular complexity index is 814. The van der Waals surface area contributed by atoms with Gasteiger partial charge in [0.05, 0.1) is 5.56 Å². The topological polar surface area (TPSA) is 35.5 Å². The maximum Gasteiger partial charge on any atom is 0.338 e. The molecule has 0 aliphatic heterocycles. The highest BCUT2D eigenvalue weighted by atomic mass is 35.5. The molecule has 0 aliphatic rings. The largest absolute Gasteiger partial charge is 0.457 e. The van der Waals surface area contributed by atoms with Gasteiger partial charge in [0.2, 0.25) is 0 Å². The highest BCUT2D eigenvalue weighted by molar-refractivity contribution is 6.30. The Labute approximate surface area is 145 Å². The number of hydrogen-bond donors (Lipinski definition) is 0. The van der Waals surface area contributed by atoms with E-state index in [1.807, 2.05) is 54.6 Å². The molecule has 0 heterocycles. The van der Waals surface area contributed by atoms with Gasteiger partial charge >= 0.3 is 5.97 Å². The molecule has 3 rings (SSSR count). The lowest BCUT2D eigenvalue weighted by atomic mass is 10.2. The molecule has 3 aromatic rings. The molecule has 0 N–H and O–H groups in total. The van der Waals surface area contributed by atoms with E-state index >= 15 is 0 Å². The second-order valence-corrected chi connectivity index (χ2v) is 5.58. The Morgan fingerprint density at radius 3 is 2.29 bits per heavy atom. The third-order valence-corrected chi connectivity index (χ3v) is 3.58. The minimum atomic E-state index is -0.388. The smallest absolute Gasteiger partial charge is 0.338 e. The summed E-state index contributed by atoms with van der Waals surface area (Å²) >= 11 is 5.81. The predicted octanol–water partition coefficient (Wildman–Crippen LogP) is 5.49. The van der Waals surface area contributed by atoms with Crippen LogP contribution in [0.2, 0.25) is 5.02 Å². The fourth-order valence-corrected chi connectivity index (χ4v) is 2.27. The molecule has 0 radical (unpaired) electrons. The Morgan fingerprint density at radius 1 is 0.833 bits per heavy atom. The van der Waals surface area contributed by atoms with Crippen molar-refractivity contribution in [2.45, 2.75) is 6.61 Å². The number of esters is 1. The average molecular weight is 339 g/mol. The Hall–Kier alpha value is -2.78. The zero-order valence-electron chi connectivity index (χ0n) is 12.8. The number of hydrogen-bond acceptors (Lipinski definition) is 3. The molecule has 24 heavy (non-hydrogen) atoms. The number of ether oxygens (including phenoxy) is 2. The van der Waals surface area contributed by atoms with Crippen molar-refractivity contribution in [2.75, 3.05) is 0 Å². The van der Waals surface area contributed by atoms with E-state index < -0.39 is 0 Å². The summed E-state index contributed by atoms with van der Waals surface area (Å²) in [6.45, 7) is 0.174. The van der Waals surface area contributed by atoms with Crippen molar-refractivity contribution < 1.29 is 14.3 Å². The van der Waals surface area contributed by atoms with Gasteiger partial charge in [-0.2, -0.15) is 0 Å². The summed E-state index contributed by atoms with van der Waals surface area (Å²) in [5, 5.41) is 0.581. The third kappa shape index (κ3) is 4.37. The number of para-hydroxylation sites is 1. The highest BCUT2D eigenvalue weighted by Gasteiger charge is 2.07. The molecule has 4 heteroatoms. The van der Waals surface area contributed by atoms with Crippen LogP contribution in [0.25, 0.3) is 0 Å². The molecule has 0 aliphatic carbocycles. The molecule has 0 aromatic heterocycles. The number of carbonyl (C=O) groups is 1. The molecular formula is C20H15ClO3. The monoisotopic (exact) mass is 338 g/mol. The van der Waals surface area contributed by atoms with E-state index in [2.05, 4.69) is 0 Å². The zero-order chi connectivity index (χ0) is 16.8. The van der Waals surface area contributed by atoms with E-state index in [0.29, 0.717) is 16.3 Å². The van der Waals surface area contributed by atoms with Crippen molar-refractivity contribution in [3.8, 4) is 11.5 Å². The molecular weight excluding hydrogens is 324 g/mol. The number of halogens is 1. The standard InChI is InChI=1S/C20H15ClO3/c21-17-11-9-16(10-12-17)20(22)23-14-15-5-4-8-19(13-15)24-18-6-2-1-3-7-18/h1-13H,14H2. The van der Waals surface area contributed by atoms with E-state index in [4.69, 9.17) is 21.1 Å². The summed E-state index contributed by atoms with van der Waals surface area (Å²) in [6, 6.07) is 23.6. The summed E-state index contributed by atoms with van der Waals surface area (Å²) < 4.78 is 11.1. The molecule has 0 spiro atoms. The van der Waals surface area contributed by atoms with Crippen molar-refractivity contribution in [2.24, 2.45) is 0 Å². The van der Waals surface area contributed by atoms with Gasteiger partial charge in [0, 0.05) is 5.02 Å². The SMILES string of the molecule is O=C(OCc1cccc(Oc2ccccc2)c1)c1ccc(Cl)cc1. The lowest BCUT2D eigenvalue weighted by Crippen LogP contribution is -2.05. The Balaban J connectivity index is 1.62. The molecule has 120 valence electrons. The molecule has 0 fully saturated rings. The first kappa shape index (κ1) is 16.1. The Morgan fingerprint density at radius 2 is 1.54 bits per heavy atom. The average Bonchev–Trinajstić information content (AvgIpc) is 2.61. The van der Waals surface area contributed by atoms with Crippen molar-refractivity contribution in [1.29, 1.82) is 0 Å². The van der Waals surface area contributed by atoms with Crippen LogP contribution in [0.4, 0.5) is 0 Å². The van der Waals surface area contributed by atoms with Gasteiger partial charge in [-0.05, 0) is 54.1 Å². The minimum absolute atomic E-state index is 0.174. The second-order valence-electron chi connectivity index (χ2n) is 5.15. The molecule has 0 atom stereocenters. The van der Waals surface area contributed by atoms with Gasteiger partial charge < -0.3 is 9.47 Å². The van der Waals surface area contributed by atoms with Crippen LogP contribution in [0.3, 0.4) is 0 Å². The van der Waals surface area contributed by atoms with Gasteiger partial charge in [0.15, 0.2) is 0 Å². The van der Waals surface area contributed by atoms with Gasteiger partial charge in [-0.3, -0.25) is 0 Å². The normalized spacial score (nSPS) is 10.2. The quantitative estimate of drug-likeness (QED) is 0.577. The molecule has 0 unspecified atom stereocenters. The van der Waals surface area contributed by atoms with Crippen LogP contribution in [-0.4, -0.2) is 5.97 Å². The van der Waals surface area contributed by atoms with Crippen LogP contribution in [0.15, 0.2) is 78.9 Å². The lowest BCUT2D eigenvalue weighted by Gasteiger charge is -2.08. The van der Waals surface area contributed by atoms with Crippen LogP contribution in [0.1, 0.15) is 15.9 Å². The highest BCUT2D eigenvalue weighted by Crippen LogP contribution is 2.22. The van der Waals surface area contributed by atoms with E-state index in [1.54, 1.807) is 24.3 Å². The van der Waals surface area contributed by atoms with E-state index in [-0.39, 0.29) is 12.6 Å². The van der Waals surface area contributed by atoms with Gasteiger partial charge in [-0.15, -0.1) is 0 Å². The first-order valence-corrected chi connectivity index (χ1v) is 7.83. The van der Waals surface area contributed by atoms with Gasteiger partial charge in [-0.1, -0.05) is 41.9 Å². The van der Waals surface area contributed by atoms with Crippen molar-refractivity contribution in [3.63, 3.8) is 0 Å². The van der Waals surface area contributed by atoms with Gasteiger partial charge in [0.25, 0.3) is 0 Å². The second kappa shape index (κ2) is 7.66. The van der Waals surface area contributed by atoms with Crippen molar-refractivity contribution in [3.05, 3.63) is 95.0 Å². The third-order valence-electron chi connectivity index (χ3n) is 3.33. The number of rotatable bonds is 5. The summed E-state index contributed by atoms with van der Waals surface area (Å²) in [4.78, 5) is 12.0. The van der Waals surface area contributed by atoms with Crippen LogP contribution in [-0.2, 0) is 11.3 Å². The lowest BCUT2D eigenvalue weighted by molar-refractivity contribution is 0.0472. The van der Waals surface area contributed by atoms with E-state index in [0.717, 1.165) is 11.3 Å². The molecule has 0 bridgehead atoms. The number of carbonyl (C=O) groups excluding carboxylic acids is 1. The zero-order valence-corrected chi connectivity index (χ0v) is 13.6. The van der Waals surface area contributed by atoms with Crippen LogP contribution in [0.5, 0.6) is 11.5 Å². The molecule has 3 aromatic carbocycles. The first-order chi connectivity index (χ1) is 11.7. The van der Waals surface area contributed by atoms with Crippen LogP contribution >= 0.6 is 11.6 Å². The van der Waals surface area contributed by atoms with E-state index in [1.165, 1.54) is 0 Å². The molecule has 0 saturated carbocycles. The molecule has 3 nitrogen and oxygen atoms in total. The molecule has 0 saturated heterocycles. The minimum Gasteiger partial charge on any atom is -0.457 e. The van der Waals surface area contributed by atoms with Crippen LogP contribution in [0, 0.1) is 0 Å². The van der Waals surface area contributed by atoms with Gasteiger partial charge in [-0.25, -0.2) is 4.79 Å². The maximum atomic E-state index is 12.0. The fraction of sp³-hybridized carbons (Fsp3) is 0.0500. The van der Waals surface area contributed by atoms with E-state index in [9.17, 15) is 4.79 Å². The first-order valence-electron chi connectivity index (χ1n) is 7.45. The van der Waals surface area contributed by atoms with Crippen molar-refractivity contribution in [1.82, 2.24) is 0 Å². The van der Waals surface area contributed by atoms with Crippen LogP contribution < -0.4 is 4.74 Å². The summed E-state index contributed by atoms with van der Waals surface area (Å²) in [7, 11) is 0. The van der Waals surface area contributed by atoms with Crippen molar-refractivity contribution >= 4 is 17.6 Å². The van der Waals surface area contributed by atoms with Gasteiger partial charge in [0.1, 0.15) is 18.1 Å². The summed E-state index contributed by atoms with van der Waals surface area (Å²) in [6.07, 6.45) is 0. The maximum absolute atomic E-state index is 12.0. The molecule has 0 amide bonds.